The average Bonchev–Trinajstić information content (AvgIpc) is 3.41. The number of aliphatic carboxylic acids is 1. The number of urea groups is 1. The highest BCUT2D eigenvalue weighted by molar-refractivity contribution is 5.97. The molecule has 1 aliphatic heterocycles. The number of hydrogen-bond acceptors (Lipinski definition) is 3. The standard InChI is InChI=1S/C22H23N3O4/c26-20(15-7-4-8-17(11-15)24-22(29)23-16-9-10-16)25-12-18(19(13-25)21(27)28)14-5-2-1-3-6-14/h1-8,11,16,18-19H,9-10,12-13H2,(H,27,28)(H2,23,24,29). The quantitative estimate of drug-likeness (QED) is 0.727. The van der Waals surface area contributed by atoms with Crippen molar-refractivity contribution in [3.63, 3.8) is 0 Å². The summed E-state index contributed by atoms with van der Waals surface area (Å²) in [5.41, 5.74) is 1.87. The smallest absolute Gasteiger partial charge is 0.319 e. The summed E-state index contributed by atoms with van der Waals surface area (Å²) in [5, 5.41) is 15.2. The molecule has 1 saturated carbocycles. The molecule has 3 N–H and O–H groups in total. The molecule has 7 heteroatoms. The van der Waals surface area contributed by atoms with Crippen LogP contribution in [0.5, 0.6) is 0 Å². The topological polar surface area (TPSA) is 98.7 Å². The van der Waals surface area contributed by atoms with Gasteiger partial charge < -0.3 is 20.6 Å². The van der Waals surface area contributed by atoms with Crippen LogP contribution in [0.15, 0.2) is 54.6 Å². The molecule has 2 unspecified atom stereocenters. The summed E-state index contributed by atoms with van der Waals surface area (Å²) < 4.78 is 0. The molecule has 4 rings (SSSR count). The van der Waals surface area contributed by atoms with Gasteiger partial charge in [0.25, 0.3) is 5.91 Å². The van der Waals surface area contributed by atoms with Gasteiger partial charge in [-0.05, 0) is 36.6 Å². The van der Waals surface area contributed by atoms with Crippen molar-refractivity contribution in [2.24, 2.45) is 5.92 Å². The molecule has 1 heterocycles. The minimum Gasteiger partial charge on any atom is -0.481 e. The van der Waals surface area contributed by atoms with Gasteiger partial charge in [0.1, 0.15) is 0 Å². The third-order valence-corrected chi connectivity index (χ3v) is 5.43. The molecule has 150 valence electrons. The number of nitrogens with zero attached hydrogens (tertiary/aromatic N) is 1. The molecule has 3 amide bonds. The van der Waals surface area contributed by atoms with Gasteiger partial charge in [-0.25, -0.2) is 4.79 Å². The lowest BCUT2D eigenvalue weighted by Crippen LogP contribution is -2.31. The van der Waals surface area contributed by atoms with Crippen molar-refractivity contribution in [3.05, 3.63) is 65.7 Å². The van der Waals surface area contributed by atoms with Gasteiger partial charge in [0.15, 0.2) is 0 Å². The van der Waals surface area contributed by atoms with Gasteiger partial charge in [-0.2, -0.15) is 0 Å². The molecule has 0 radical (unpaired) electrons. The highest BCUT2D eigenvalue weighted by Crippen LogP contribution is 2.33. The van der Waals surface area contributed by atoms with Gasteiger partial charge >= 0.3 is 12.0 Å². The molecule has 29 heavy (non-hydrogen) atoms. The van der Waals surface area contributed by atoms with Crippen molar-refractivity contribution in [1.29, 1.82) is 0 Å². The van der Waals surface area contributed by atoms with E-state index < -0.39 is 11.9 Å². The monoisotopic (exact) mass is 393 g/mol. The first-order chi connectivity index (χ1) is 14.0. The number of rotatable bonds is 5. The third kappa shape index (κ3) is 4.39. The highest BCUT2D eigenvalue weighted by atomic mass is 16.4. The van der Waals surface area contributed by atoms with Gasteiger partial charge in [-0.3, -0.25) is 9.59 Å². The largest absolute Gasteiger partial charge is 0.481 e. The van der Waals surface area contributed by atoms with E-state index >= 15 is 0 Å². The van der Waals surface area contributed by atoms with Crippen molar-refractivity contribution in [3.8, 4) is 0 Å². The van der Waals surface area contributed by atoms with Crippen LogP contribution in [0.1, 0.15) is 34.7 Å². The number of hydrogen-bond donors (Lipinski definition) is 3. The lowest BCUT2D eigenvalue weighted by molar-refractivity contribution is -0.141. The van der Waals surface area contributed by atoms with Crippen LogP contribution in [-0.2, 0) is 4.79 Å². The Hall–Kier alpha value is -3.35. The number of benzene rings is 2. The zero-order valence-electron chi connectivity index (χ0n) is 15.9. The van der Waals surface area contributed by atoms with Crippen LogP contribution >= 0.6 is 0 Å². The number of anilines is 1. The van der Waals surface area contributed by atoms with Crippen molar-refractivity contribution in [2.45, 2.75) is 24.8 Å². The van der Waals surface area contributed by atoms with E-state index in [-0.39, 0.29) is 30.4 Å². The first-order valence-corrected chi connectivity index (χ1v) is 9.76. The lowest BCUT2D eigenvalue weighted by Gasteiger charge is -2.17. The fraction of sp³-hybridized carbons (Fsp3) is 0.318. The van der Waals surface area contributed by atoms with Gasteiger partial charge in [0.2, 0.25) is 0 Å². The molecule has 0 bridgehead atoms. The minimum absolute atomic E-state index is 0.160. The zero-order chi connectivity index (χ0) is 20.4. The summed E-state index contributed by atoms with van der Waals surface area (Å²) in [6.45, 7) is 0.507. The normalized spacial score (nSPS) is 20.9. The number of carboxylic acid groups (broad SMARTS) is 1. The number of carbonyl (C=O) groups excluding carboxylic acids is 2. The first-order valence-electron chi connectivity index (χ1n) is 9.76. The number of likely N-dealkylation sites (tertiary alicyclic amines) is 1. The summed E-state index contributed by atoms with van der Waals surface area (Å²) >= 11 is 0. The molecular weight excluding hydrogens is 370 g/mol. The van der Waals surface area contributed by atoms with Crippen LogP contribution in [-0.4, -0.2) is 47.0 Å². The molecule has 2 aromatic carbocycles. The van der Waals surface area contributed by atoms with Gasteiger partial charge in [-0.1, -0.05) is 36.4 Å². The first kappa shape index (κ1) is 19.0. The Balaban J connectivity index is 1.48. The number of carboxylic acids is 1. The number of carbonyl (C=O) groups is 3. The van der Waals surface area contributed by atoms with Crippen molar-refractivity contribution in [1.82, 2.24) is 10.2 Å². The summed E-state index contributed by atoms with van der Waals surface area (Å²) in [4.78, 5) is 38.3. The second-order valence-electron chi connectivity index (χ2n) is 7.63. The summed E-state index contributed by atoms with van der Waals surface area (Å²) in [7, 11) is 0. The second-order valence-corrected chi connectivity index (χ2v) is 7.63. The summed E-state index contributed by atoms with van der Waals surface area (Å²) in [6.07, 6.45) is 1.99. The van der Waals surface area contributed by atoms with Crippen LogP contribution in [0.2, 0.25) is 0 Å². The Morgan fingerprint density at radius 1 is 0.966 bits per heavy atom. The van der Waals surface area contributed by atoms with Crippen molar-refractivity contribution < 1.29 is 19.5 Å². The predicted molar refractivity (Wildman–Crippen MR) is 108 cm³/mol. The SMILES string of the molecule is O=C(Nc1cccc(C(=O)N2CC(C(=O)O)C(c3ccccc3)C2)c1)NC1CC1. The van der Waals surface area contributed by atoms with Gasteiger partial charge in [0, 0.05) is 36.3 Å². The number of nitrogens with one attached hydrogen (secondary N) is 2. The molecule has 0 spiro atoms. The molecule has 1 saturated heterocycles. The molecule has 2 aliphatic rings. The van der Waals surface area contributed by atoms with Crippen LogP contribution in [0.3, 0.4) is 0 Å². The Kier molecular flexibility index (Phi) is 5.20. The fourth-order valence-corrected chi connectivity index (χ4v) is 3.75. The third-order valence-electron chi connectivity index (χ3n) is 5.43. The number of amides is 3. The predicted octanol–water partition coefficient (Wildman–Crippen LogP) is 2.91. The zero-order valence-corrected chi connectivity index (χ0v) is 15.9. The second kappa shape index (κ2) is 7.95. The van der Waals surface area contributed by atoms with E-state index in [0.717, 1.165) is 18.4 Å². The summed E-state index contributed by atoms with van der Waals surface area (Å²) in [6, 6.07) is 16.1. The average molecular weight is 393 g/mol. The maximum atomic E-state index is 13.0. The maximum Gasteiger partial charge on any atom is 0.319 e. The van der Waals surface area contributed by atoms with Crippen LogP contribution in [0.25, 0.3) is 0 Å². The Bertz CT molecular complexity index is 927. The fourth-order valence-electron chi connectivity index (χ4n) is 3.75. The Morgan fingerprint density at radius 3 is 2.41 bits per heavy atom. The van der Waals surface area contributed by atoms with Crippen molar-refractivity contribution >= 4 is 23.6 Å². The van der Waals surface area contributed by atoms with Crippen LogP contribution in [0.4, 0.5) is 10.5 Å². The molecule has 1 aliphatic carbocycles. The van der Waals surface area contributed by atoms with E-state index in [1.54, 1.807) is 29.2 Å². The molecular formula is C22H23N3O4. The van der Waals surface area contributed by atoms with Crippen molar-refractivity contribution in [2.75, 3.05) is 18.4 Å². The van der Waals surface area contributed by atoms with E-state index in [1.807, 2.05) is 30.3 Å². The van der Waals surface area contributed by atoms with E-state index in [9.17, 15) is 19.5 Å². The van der Waals surface area contributed by atoms with Crippen LogP contribution < -0.4 is 10.6 Å². The van der Waals surface area contributed by atoms with E-state index in [1.165, 1.54) is 0 Å². The Labute approximate surface area is 168 Å². The summed E-state index contributed by atoms with van der Waals surface area (Å²) in [5.74, 6) is -2.03. The minimum atomic E-state index is -0.902. The van der Waals surface area contributed by atoms with E-state index in [0.29, 0.717) is 17.8 Å². The molecule has 0 aromatic heterocycles. The van der Waals surface area contributed by atoms with Gasteiger partial charge in [0.05, 0.1) is 5.92 Å². The van der Waals surface area contributed by atoms with E-state index in [2.05, 4.69) is 10.6 Å². The molecule has 2 atom stereocenters. The van der Waals surface area contributed by atoms with Crippen LogP contribution in [0, 0.1) is 5.92 Å². The molecule has 2 aromatic rings. The van der Waals surface area contributed by atoms with Gasteiger partial charge in [-0.15, -0.1) is 0 Å². The maximum absolute atomic E-state index is 13.0. The Morgan fingerprint density at radius 2 is 1.72 bits per heavy atom. The molecule has 7 nitrogen and oxygen atoms in total. The molecule has 2 fully saturated rings. The van der Waals surface area contributed by atoms with E-state index in [4.69, 9.17) is 0 Å². The highest BCUT2D eigenvalue weighted by Gasteiger charge is 2.40. The lowest BCUT2D eigenvalue weighted by atomic mass is 9.89.